The topological polar surface area (TPSA) is 89.4 Å². The highest BCUT2D eigenvalue weighted by atomic mass is 79.9. The fraction of sp³-hybridized carbons (Fsp3) is 0.333. The number of rotatable bonds is 4. The Hall–Kier alpha value is -0.980. The summed E-state index contributed by atoms with van der Waals surface area (Å²) < 4.78 is 0.621. The molecule has 0 aliphatic heterocycles. The molecular formula is C9H11BrN2O3. The molecule has 5 nitrogen and oxygen atoms in total. The molecule has 0 radical (unpaired) electrons. The molecule has 6 heteroatoms. The van der Waals surface area contributed by atoms with Gasteiger partial charge in [-0.05, 0) is 18.1 Å². The summed E-state index contributed by atoms with van der Waals surface area (Å²) in [5, 5.41) is 19.9. The summed E-state index contributed by atoms with van der Waals surface area (Å²) in [5.41, 5.74) is 5.95. The SMILES string of the molecule is NCC(O)Cc1cc(Br)cc([N+](=O)[O-])c1. The number of nitrogens with zero attached hydrogens (tertiary/aromatic N) is 1. The quantitative estimate of drug-likeness (QED) is 0.638. The van der Waals surface area contributed by atoms with Crippen LogP contribution in [0, 0.1) is 10.1 Å². The first-order valence-electron chi connectivity index (χ1n) is 4.35. The lowest BCUT2D eigenvalue weighted by molar-refractivity contribution is -0.385. The molecule has 1 aromatic carbocycles. The van der Waals surface area contributed by atoms with Gasteiger partial charge in [0.15, 0.2) is 0 Å². The van der Waals surface area contributed by atoms with Gasteiger partial charge in [0.05, 0.1) is 11.0 Å². The van der Waals surface area contributed by atoms with Crippen LogP contribution in [-0.4, -0.2) is 22.7 Å². The van der Waals surface area contributed by atoms with E-state index in [1.807, 2.05) is 0 Å². The van der Waals surface area contributed by atoms with Crippen molar-refractivity contribution in [1.82, 2.24) is 0 Å². The first-order valence-corrected chi connectivity index (χ1v) is 5.14. The van der Waals surface area contributed by atoms with E-state index >= 15 is 0 Å². The lowest BCUT2D eigenvalue weighted by Gasteiger charge is -2.07. The molecular weight excluding hydrogens is 264 g/mol. The number of non-ortho nitro benzene ring substituents is 1. The molecule has 3 N–H and O–H groups in total. The molecule has 0 fully saturated rings. The minimum atomic E-state index is -0.668. The molecule has 0 saturated carbocycles. The number of hydrogen-bond donors (Lipinski definition) is 2. The maximum Gasteiger partial charge on any atom is 0.270 e. The molecule has 0 amide bonds. The fourth-order valence-electron chi connectivity index (χ4n) is 1.21. The number of hydrogen-bond acceptors (Lipinski definition) is 4. The highest BCUT2D eigenvalue weighted by molar-refractivity contribution is 9.10. The summed E-state index contributed by atoms with van der Waals surface area (Å²) in [6.07, 6.45) is -0.351. The van der Waals surface area contributed by atoms with Gasteiger partial charge in [-0.2, -0.15) is 0 Å². The minimum Gasteiger partial charge on any atom is -0.391 e. The van der Waals surface area contributed by atoms with Gasteiger partial charge in [-0.3, -0.25) is 10.1 Å². The summed E-state index contributed by atoms with van der Waals surface area (Å²) >= 11 is 3.18. The van der Waals surface area contributed by atoms with Gasteiger partial charge in [0.2, 0.25) is 0 Å². The highest BCUT2D eigenvalue weighted by Gasteiger charge is 2.10. The zero-order valence-electron chi connectivity index (χ0n) is 7.89. The average molecular weight is 275 g/mol. The van der Waals surface area contributed by atoms with Crippen molar-refractivity contribution in [3.8, 4) is 0 Å². The van der Waals surface area contributed by atoms with E-state index in [2.05, 4.69) is 15.9 Å². The lowest BCUT2D eigenvalue weighted by atomic mass is 10.1. The van der Waals surface area contributed by atoms with Gasteiger partial charge in [-0.25, -0.2) is 0 Å². The molecule has 0 spiro atoms. The van der Waals surface area contributed by atoms with Crippen LogP contribution in [-0.2, 0) is 6.42 Å². The van der Waals surface area contributed by atoms with E-state index in [1.165, 1.54) is 12.1 Å². The number of benzene rings is 1. The van der Waals surface area contributed by atoms with Crippen molar-refractivity contribution in [2.24, 2.45) is 5.73 Å². The number of nitrogens with two attached hydrogens (primary N) is 1. The monoisotopic (exact) mass is 274 g/mol. The van der Waals surface area contributed by atoms with Crippen LogP contribution in [0.25, 0.3) is 0 Å². The lowest BCUT2D eigenvalue weighted by Crippen LogP contribution is -2.21. The molecule has 15 heavy (non-hydrogen) atoms. The number of halogens is 1. The molecule has 1 unspecified atom stereocenters. The third-order valence-electron chi connectivity index (χ3n) is 1.90. The smallest absolute Gasteiger partial charge is 0.270 e. The minimum absolute atomic E-state index is 0.00333. The molecule has 0 bridgehead atoms. The Morgan fingerprint density at radius 3 is 2.73 bits per heavy atom. The Bertz CT molecular complexity index is 370. The van der Waals surface area contributed by atoms with Gasteiger partial charge >= 0.3 is 0 Å². The van der Waals surface area contributed by atoms with Gasteiger partial charge in [-0.15, -0.1) is 0 Å². The molecule has 0 heterocycles. The van der Waals surface area contributed by atoms with Crippen molar-refractivity contribution in [2.75, 3.05) is 6.54 Å². The number of aliphatic hydroxyl groups is 1. The normalized spacial score (nSPS) is 12.5. The van der Waals surface area contributed by atoms with Crippen molar-refractivity contribution in [2.45, 2.75) is 12.5 Å². The van der Waals surface area contributed by atoms with E-state index in [0.29, 0.717) is 16.5 Å². The van der Waals surface area contributed by atoms with E-state index in [4.69, 9.17) is 5.73 Å². The number of nitro benzene ring substituents is 1. The Morgan fingerprint density at radius 2 is 2.20 bits per heavy atom. The summed E-state index contributed by atoms with van der Waals surface area (Å²) in [5.74, 6) is 0. The molecule has 0 aliphatic rings. The summed E-state index contributed by atoms with van der Waals surface area (Å²) in [6, 6.07) is 4.58. The standard InChI is InChI=1S/C9H11BrN2O3/c10-7-1-6(3-9(13)5-11)2-8(4-7)12(14)15/h1-2,4,9,13H,3,5,11H2. The van der Waals surface area contributed by atoms with Crippen molar-refractivity contribution in [3.63, 3.8) is 0 Å². The third kappa shape index (κ3) is 3.58. The predicted octanol–water partition coefficient (Wildman–Crippen LogP) is 1.22. The fourth-order valence-corrected chi connectivity index (χ4v) is 1.74. The van der Waals surface area contributed by atoms with Gasteiger partial charge in [0, 0.05) is 23.2 Å². The first kappa shape index (κ1) is 12.1. The molecule has 1 aromatic rings. The second-order valence-corrected chi connectivity index (χ2v) is 4.08. The van der Waals surface area contributed by atoms with Crippen molar-refractivity contribution in [3.05, 3.63) is 38.3 Å². The van der Waals surface area contributed by atoms with Crippen LogP contribution in [0.4, 0.5) is 5.69 Å². The van der Waals surface area contributed by atoms with Crippen LogP contribution >= 0.6 is 15.9 Å². The van der Waals surface area contributed by atoms with Crippen LogP contribution in [0.3, 0.4) is 0 Å². The van der Waals surface area contributed by atoms with E-state index in [1.54, 1.807) is 6.07 Å². The summed E-state index contributed by atoms with van der Waals surface area (Å²) in [4.78, 5) is 10.1. The van der Waals surface area contributed by atoms with Gasteiger partial charge < -0.3 is 10.8 Å². The maximum absolute atomic E-state index is 10.6. The van der Waals surface area contributed by atoms with Crippen molar-refractivity contribution in [1.29, 1.82) is 0 Å². The predicted molar refractivity (Wildman–Crippen MR) is 59.6 cm³/mol. The van der Waals surface area contributed by atoms with Crippen molar-refractivity contribution < 1.29 is 10.0 Å². The van der Waals surface area contributed by atoms with E-state index in [-0.39, 0.29) is 12.2 Å². The van der Waals surface area contributed by atoms with Crippen LogP contribution < -0.4 is 5.73 Å². The Balaban J connectivity index is 2.93. The summed E-state index contributed by atoms with van der Waals surface area (Å²) in [6.45, 7) is 0.139. The van der Waals surface area contributed by atoms with Crippen LogP contribution in [0.1, 0.15) is 5.56 Å². The Kier molecular flexibility index (Phi) is 4.19. The van der Waals surface area contributed by atoms with Crippen LogP contribution in [0.2, 0.25) is 0 Å². The molecule has 0 saturated heterocycles. The van der Waals surface area contributed by atoms with Gasteiger partial charge in [-0.1, -0.05) is 15.9 Å². The first-order chi connectivity index (χ1) is 7.02. The van der Waals surface area contributed by atoms with Crippen molar-refractivity contribution >= 4 is 21.6 Å². The third-order valence-corrected chi connectivity index (χ3v) is 2.35. The zero-order valence-corrected chi connectivity index (χ0v) is 9.48. The molecule has 82 valence electrons. The number of nitro groups is 1. The molecule has 1 rings (SSSR count). The molecule has 0 aliphatic carbocycles. The van der Waals surface area contributed by atoms with E-state index in [0.717, 1.165) is 0 Å². The largest absolute Gasteiger partial charge is 0.391 e. The second kappa shape index (κ2) is 5.20. The van der Waals surface area contributed by atoms with E-state index < -0.39 is 11.0 Å². The highest BCUT2D eigenvalue weighted by Crippen LogP contribution is 2.22. The van der Waals surface area contributed by atoms with Gasteiger partial charge in [0.1, 0.15) is 0 Å². The summed E-state index contributed by atoms with van der Waals surface area (Å²) in [7, 11) is 0. The molecule has 1 atom stereocenters. The van der Waals surface area contributed by atoms with E-state index in [9.17, 15) is 15.2 Å². The second-order valence-electron chi connectivity index (χ2n) is 3.17. The zero-order chi connectivity index (χ0) is 11.4. The molecule has 0 aromatic heterocycles. The van der Waals surface area contributed by atoms with Gasteiger partial charge in [0.25, 0.3) is 5.69 Å². The average Bonchev–Trinajstić information content (AvgIpc) is 2.16. The Morgan fingerprint density at radius 1 is 1.53 bits per heavy atom. The van der Waals surface area contributed by atoms with Crippen LogP contribution in [0.5, 0.6) is 0 Å². The Labute approximate surface area is 95.2 Å². The van der Waals surface area contributed by atoms with Crippen LogP contribution in [0.15, 0.2) is 22.7 Å². The number of aliphatic hydroxyl groups excluding tert-OH is 1. The maximum atomic E-state index is 10.6.